The molecule has 18 heavy (non-hydrogen) atoms. The molecular weight excluding hydrogens is 250 g/mol. The van der Waals surface area contributed by atoms with E-state index in [2.05, 4.69) is 47.7 Å². The van der Waals surface area contributed by atoms with Crippen molar-refractivity contribution in [3.63, 3.8) is 0 Å². The summed E-state index contributed by atoms with van der Waals surface area (Å²) in [4.78, 5) is 10.4. The minimum absolute atomic E-state index is 0.150. The Bertz CT molecular complexity index is 557. The molecule has 1 atom stereocenters. The summed E-state index contributed by atoms with van der Waals surface area (Å²) in [5.41, 5.74) is 0.150. The van der Waals surface area contributed by atoms with E-state index < -0.39 is 0 Å². The van der Waals surface area contributed by atoms with Gasteiger partial charge in [-0.1, -0.05) is 32.4 Å². The van der Waals surface area contributed by atoms with Gasteiger partial charge in [-0.3, -0.25) is 0 Å². The van der Waals surface area contributed by atoms with Crippen molar-refractivity contribution < 1.29 is 0 Å². The van der Waals surface area contributed by atoms with Gasteiger partial charge in [-0.15, -0.1) is 0 Å². The highest BCUT2D eigenvalue weighted by molar-refractivity contribution is 6.29. The summed E-state index contributed by atoms with van der Waals surface area (Å²) in [5, 5.41) is 4.62. The Morgan fingerprint density at radius 2 is 2.06 bits per heavy atom. The summed E-state index contributed by atoms with van der Waals surface area (Å²) in [7, 11) is 2.03. The zero-order valence-electron chi connectivity index (χ0n) is 11.3. The van der Waals surface area contributed by atoms with Gasteiger partial charge in [-0.2, -0.15) is 19.6 Å². The molecule has 0 aliphatic carbocycles. The van der Waals surface area contributed by atoms with E-state index in [4.69, 9.17) is 11.6 Å². The number of hydrogen-bond donors (Lipinski definition) is 0. The van der Waals surface area contributed by atoms with Crippen molar-refractivity contribution in [2.75, 3.05) is 11.9 Å². The van der Waals surface area contributed by atoms with Crippen molar-refractivity contribution in [1.29, 1.82) is 0 Å². The van der Waals surface area contributed by atoms with Crippen LogP contribution < -0.4 is 4.90 Å². The van der Waals surface area contributed by atoms with Crippen molar-refractivity contribution in [3.05, 3.63) is 17.5 Å². The zero-order chi connectivity index (χ0) is 13.5. The third kappa shape index (κ3) is 2.27. The van der Waals surface area contributed by atoms with Gasteiger partial charge < -0.3 is 4.90 Å². The van der Waals surface area contributed by atoms with Gasteiger partial charge in [0.25, 0.3) is 5.78 Å². The van der Waals surface area contributed by atoms with Crippen LogP contribution in [-0.4, -0.2) is 32.7 Å². The lowest BCUT2D eigenvalue weighted by Crippen LogP contribution is -2.40. The van der Waals surface area contributed by atoms with Crippen molar-refractivity contribution in [1.82, 2.24) is 19.6 Å². The van der Waals surface area contributed by atoms with Crippen LogP contribution in [0.3, 0.4) is 0 Å². The monoisotopic (exact) mass is 267 g/mol. The van der Waals surface area contributed by atoms with Gasteiger partial charge >= 0.3 is 0 Å². The van der Waals surface area contributed by atoms with E-state index in [1.54, 1.807) is 4.52 Å². The molecule has 98 valence electrons. The molecule has 2 aromatic rings. The molecule has 0 amide bonds. The topological polar surface area (TPSA) is 46.3 Å². The highest BCUT2D eigenvalue weighted by Crippen LogP contribution is 2.28. The quantitative estimate of drug-likeness (QED) is 0.785. The summed E-state index contributed by atoms with van der Waals surface area (Å²) in [6.45, 7) is 8.79. The molecule has 1 unspecified atom stereocenters. The molecule has 6 heteroatoms. The van der Waals surface area contributed by atoms with Crippen LogP contribution in [0.4, 0.5) is 5.82 Å². The lowest BCUT2D eigenvalue weighted by Gasteiger charge is -2.36. The fourth-order valence-corrected chi connectivity index (χ4v) is 1.97. The second-order valence-corrected chi connectivity index (χ2v) is 5.95. The molecule has 0 N–H and O–H groups in total. The molecule has 2 aromatic heterocycles. The Morgan fingerprint density at radius 1 is 1.39 bits per heavy atom. The summed E-state index contributed by atoms with van der Waals surface area (Å²) in [5.74, 6) is 1.41. The molecule has 0 aromatic carbocycles. The molecule has 0 saturated carbocycles. The minimum atomic E-state index is 0.150. The van der Waals surface area contributed by atoms with Crippen LogP contribution in [0.15, 0.2) is 12.4 Å². The molecule has 0 fully saturated rings. The lowest BCUT2D eigenvalue weighted by molar-refractivity contribution is 0.327. The van der Waals surface area contributed by atoms with E-state index >= 15 is 0 Å². The van der Waals surface area contributed by atoms with Gasteiger partial charge in [-0.25, -0.2) is 0 Å². The molecule has 0 saturated heterocycles. The molecule has 2 heterocycles. The maximum absolute atomic E-state index is 6.02. The third-order valence-corrected chi connectivity index (χ3v) is 3.59. The SMILES string of the molecule is CC(N(C)c1cc(Cl)nc2ncnn12)C(C)(C)C. The Morgan fingerprint density at radius 3 is 2.67 bits per heavy atom. The summed E-state index contributed by atoms with van der Waals surface area (Å²) in [6, 6.07) is 2.13. The summed E-state index contributed by atoms with van der Waals surface area (Å²) < 4.78 is 1.70. The Balaban J connectivity index is 2.50. The smallest absolute Gasteiger partial charge is 0.255 e. The van der Waals surface area contributed by atoms with Gasteiger partial charge in [0.1, 0.15) is 17.3 Å². The van der Waals surface area contributed by atoms with Crippen molar-refractivity contribution in [2.45, 2.75) is 33.7 Å². The predicted octanol–water partition coefficient (Wildman–Crippen LogP) is 2.65. The van der Waals surface area contributed by atoms with Gasteiger partial charge in [0.2, 0.25) is 0 Å². The number of fused-ring (bicyclic) bond motifs is 1. The average molecular weight is 268 g/mol. The van der Waals surface area contributed by atoms with Crippen LogP contribution in [-0.2, 0) is 0 Å². The number of aromatic nitrogens is 4. The molecule has 2 rings (SSSR count). The number of halogens is 1. The Kier molecular flexibility index (Phi) is 3.19. The molecule has 5 nitrogen and oxygen atoms in total. The Labute approximate surface area is 112 Å². The highest BCUT2D eigenvalue weighted by Gasteiger charge is 2.26. The second-order valence-electron chi connectivity index (χ2n) is 5.56. The fraction of sp³-hybridized carbons (Fsp3) is 0.583. The minimum Gasteiger partial charge on any atom is -0.356 e. The molecule has 0 aliphatic rings. The predicted molar refractivity (Wildman–Crippen MR) is 73.1 cm³/mol. The number of anilines is 1. The van der Waals surface area contributed by atoms with Crippen LogP contribution >= 0.6 is 11.6 Å². The molecule has 0 bridgehead atoms. The maximum atomic E-state index is 6.02. The fourth-order valence-electron chi connectivity index (χ4n) is 1.80. The van der Waals surface area contributed by atoms with Crippen LogP contribution in [0.25, 0.3) is 5.78 Å². The van der Waals surface area contributed by atoms with Gasteiger partial charge in [-0.05, 0) is 12.3 Å². The number of rotatable bonds is 2. The van der Waals surface area contributed by atoms with E-state index in [0.29, 0.717) is 17.0 Å². The average Bonchev–Trinajstić information content (AvgIpc) is 2.72. The van der Waals surface area contributed by atoms with Gasteiger partial charge in [0.15, 0.2) is 0 Å². The standard InChI is InChI=1S/C12H18ClN5/c1-8(12(2,3)4)17(5)10-6-9(13)16-11-14-7-15-18(10)11/h6-8H,1-5H3. The van der Waals surface area contributed by atoms with E-state index in [-0.39, 0.29) is 5.41 Å². The maximum Gasteiger partial charge on any atom is 0.255 e. The normalized spacial score (nSPS) is 13.9. The molecule has 0 aliphatic heterocycles. The van der Waals surface area contributed by atoms with Gasteiger partial charge in [0, 0.05) is 19.2 Å². The number of hydrogen-bond acceptors (Lipinski definition) is 4. The van der Waals surface area contributed by atoms with Crippen LogP contribution in [0.1, 0.15) is 27.7 Å². The first-order chi connectivity index (χ1) is 8.30. The van der Waals surface area contributed by atoms with Gasteiger partial charge in [0.05, 0.1) is 0 Å². The second kappa shape index (κ2) is 4.39. The van der Waals surface area contributed by atoms with Crippen molar-refractivity contribution >= 4 is 23.2 Å². The summed E-state index contributed by atoms with van der Waals surface area (Å²) >= 11 is 6.02. The first-order valence-electron chi connectivity index (χ1n) is 5.90. The largest absolute Gasteiger partial charge is 0.356 e. The molecule has 0 radical (unpaired) electrons. The van der Waals surface area contributed by atoms with E-state index in [9.17, 15) is 0 Å². The number of nitrogens with zero attached hydrogens (tertiary/aromatic N) is 5. The van der Waals surface area contributed by atoms with Crippen molar-refractivity contribution in [2.24, 2.45) is 5.41 Å². The highest BCUT2D eigenvalue weighted by atomic mass is 35.5. The van der Waals surface area contributed by atoms with E-state index in [0.717, 1.165) is 5.82 Å². The van der Waals surface area contributed by atoms with E-state index in [1.807, 2.05) is 13.1 Å². The first kappa shape index (κ1) is 13.1. The summed E-state index contributed by atoms with van der Waals surface area (Å²) in [6.07, 6.45) is 1.48. The van der Waals surface area contributed by atoms with E-state index in [1.165, 1.54) is 6.33 Å². The van der Waals surface area contributed by atoms with Crippen LogP contribution in [0, 0.1) is 5.41 Å². The van der Waals surface area contributed by atoms with Crippen LogP contribution in [0.2, 0.25) is 5.15 Å². The zero-order valence-corrected chi connectivity index (χ0v) is 12.1. The van der Waals surface area contributed by atoms with Crippen LogP contribution in [0.5, 0.6) is 0 Å². The molecule has 0 spiro atoms. The van der Waals surface area contributed by atoms with Crippen molar-refractivity contribution in [3.8, 4) is 0 Å². The lowest BCUT2D eigenvalue weighted by atomic mass is 9.87. The third-order valence-electron chi connectivity index (χ3n) is 3.40. The molecular formula is C12H18ClN5. The first-order valence-corrected chi connectivity index (χ1v) is 6.27. The Hall–Kier alpha value is -1.36.